The molecule has 0 N–H and O–H groups in total. The molecular formula is C15H14N4OS2. The van der Waals surface area contributed by atoms with E-state index < -0.39 is 11.2 Å². The van der Waals surface area contributed by atoms with Gasteiger partial charge in [-0.1, -0.05) is 17.4 Å². The topological polar surface area (TPSA) is 74.6 Å². The van der Waals surface area contributed by atoms with Crippen LogP contribution in [0.25, 0.3) is 21.4 Å². The number of pyridine rings is 2. The summed E-state index contributed by atoms with van der Waals surface area (Å²) >= 11 is 0.325. The minimum atomic E-state index is -1.08. The van der Waals surface area contributed by atoms with Crippen LogP contribution in [0.4, 0.5) is 0 Å². The molecule has 0 saturated carbocycles. The summed E-state index contributed by atoms with van der Waals surface area (Å²) in [6.07, 6.45) is 3.48. The second-order valence-electron chi connectivity index (χ2n) is 4.62. The molecule has 0 amide bonds. The normalized spacial score (nSPS) is 12.3. The lowest BCUT2D eigenvalue weighted by atomic mass is 10.3. The van der Waals surface area contributed by atoms with Crippen LogP contribution in [0.1, 0.15) is 12.5 Å². The maximum absolute atomic E-state index is 12.1. The number of nitrogens with zero attached hydrogens (tertiary/aromatic N) is 4. The predicted molar refractivity (Wildman–Crippen MR) is 88.1 cm³/mol. The van der Waals surface area contributed by atoms with E-state index >= 15 is 0 Å². The van der Waals surface area contributed by atoms with Crippen molar-refractivity contribution in [1.29, 1.82) is 0 Å². The van der Waals surface area contributed by atoms with Crippen molar-refractivity contribution < 1.29 is 4.55 Å². The maximum Gasteiger partial charge on any atom is 0.181 e. The first-order valence-electron chi connectivity index (χ1n) is 6.79. The molecule has 0 aliphatic rings. The minimum absolute atomic E-state index is 0.546. The van der Waals surface area contributed by atoms with E-state index in [1.54, 1.807) is 18.5 Å². The molecule has 3 aromatic heterocycles. The Balaban J connectivity index is 1.99. The van der Waals surface area contributed by atoms with Crippen molar-refractivity contribution >= 4 is 22.5 Å². The SMILES string of the molecule is CC[S+]([O-])c1cccnc1-c1nnc(-c2ccc(C)cn2)s1. The molecule has 0 aromatic carbocycles. The number of aryl methyl sites for hydroxylation is 1. The molecule has 3 heterocycles. The zero-order chi connectivity index (χ0) is 15.5. The van der Waals surface area contributed by atoms with Gasteiger partial charge in [0, 0.05) is 12.4 Å². The number of rotatable bonds is 4. The number of hydrogen-bond acceptors (Lipinski definition) is 6. The summed E-state index contributed by atoms with van der Waals surface area (Å²) < 4.78 is 12.1. The van der Waals surface area contributed by atoms with E-state index in [0.717, 1.165) is 16.3 Å². The Bertz CT molecular complexity index is 773. The molecule has 1 unspecified atom stereocenters. The van der Waals surface area contributed by atoms with Gasteiger partial charge >= 0.3 is 0 Å². The molecule has 22 heavy (non-hydrogen) atoms. The van der Waals surface area contributed by atoms with Crippen molar-refractivity contribution in [2.75, 3.05) is 5.75 Å². The lowest BCUT2D eigenvalue weighted by Gasteiger charge is -2.09. The van der Waals surface area contributed by atoms with Gasteiger partial charge in [0.15, 0.2) is 20.6 Å². The van der Waals surface area contributed by atoms with Gasteiger partial charge in [0.05, 0.1) is 0 Å². The fraction of sp³-hybridized carbons (Fsp3) is 0.200. The van der Waals surface area contributed by atoms with Gasteiger partial charge in [-0.2, -0.15) is 0 Å². The monoisotopic (exact) mass is 330 g/mol. The zero-order valence-corrected chi connectivity index (χ0v) is 13.8. The highest BCUT2D eigenvalue weighted by Crippen LogP contribution is 2.31. The van der Waals surface area contributed by atoms with Crippen molar-refractivity contribution in [1.82, 2.24) is 20.2 Å². The first-order chi connectivity index (χ1) is 10.7. The van der Waals surface area contributed by atoms with Crippen molar-refractivity contribution in [3.63, 3.8) is 0 Å². The average Bonchev–Trinajstić information content (AvgIpc) is 3.04. The molecule has 0 aliphatic carbocycles. The molecular weight excluding hydrogens is 316 g/mol. The van der Waals surface area contributed by atoms with Crippen LogP contribution in [0.2, 0.25) is 0 Å². The van der Waals surface area contributed by atoms with Gasteiger partial charge in [0.1, 0.15) is 11.4 Å². The smallest absolute Gasteiger partial charge is 0.181 e. The minimum Gasteiger partial charge on any atom is -0.611 e. The van der Waals surface area contributed by atoms with E-state index in [-0.39, 0.29) is 0 Å². The highest BCUT2D eigenvalue weighted by Gasteiger charge is 2.20. The molecule has 5 nitrogen and oxygen atoms in total. The highest BCUT2D eigenvalue weighted by molar-refractivity contribution is 7.91. The Hall–Kier alpha value is -1.83. The van der Waals surface area contributed by atoms with Crippen molar-refractivity contribution in [2.45, 2.75) is 18.7 Å². The van der Waals surface area contributed by atoms with Gasteiger partial charge in [-0.3, -0.25) is 4.98 Å². The molecule has 0 radical (unpaired) electrons. The van der Waals surface area contributed by atoms with Crippen LogP contribution >= 0.6 is 11.3 Å². The maximum atomic E-state index is 12.1. The van der Waals surface area contributed by atoms with E-state index in [9.17, 15) is 4.55 Å². The second kappa shape index (κ2) is 6.51. The van der Waals surface area contributed by atoms with E-state index in [2.05, 4.69) is 20.2 Å². The largest absolute Gasteiger partial charge is 0.611 e. The van der Waals surface area contributed by atoms with Crippen LogP contribution in [0.15, 0.2) is 41.6 Å². The van der Waals surface area contributed by atoms with Crippen LogP contribution in [0.5, 0.6) is 0 Å². The van der Waals surface area contributed by atoms with Crippen molar-refractivity contribution in [2.24, 2.45) is 0 Å². The second-order valence-corrected chi connectivity index (χ2v) is 7.30. The fourth-order valence-corrected chi connectivity index (χ4v) is 3.71. The van der Waals surface area contributed by atoms with Crippen molar-refractivity contribution in [3.05, 3.63) is 42.2 Å². The molecule has 0 saturated heterocycles. The zero-order valence-electron chi connectivity index (χ0n) is 12.2. The molecule has 3 rings (SSSR count). The van der Waals surface area contributed by atoms with Crippen LogP contribution in [0.3, 0.4) is 0 Å². The van der Waals surface area contributed by atoms with Gasteiger partial charge in [-0.25, -0.2) is 4.98 Å². The quantitative estimate of drug-likeness (QED) is 0.687. The van der Waals surface area contributed by atoms with Crippen LogP contribution in [-0.2, 0) is 11.2 Å². The molecule has 3 aromatic rings. The summed E-state index contributed by atoms with van der Waals surface area (Å²) in [5.41, 5.74) is 2.51. The third-order valence-electron chi connectivity index (χ3n) is 3.04. The summed E-state index contributed by atoms with van der Waals surface area (Å²) in [6, 6.07) is 7.52. The Morgan fingerprint density at radius 3 is 2.68 bits per heavy atom. The molecule has 7 heteroatoms. The van der Waals surface area contributed by atoms with Gasteiger partial charge < -0.3 is 4.55 Å². The van der Waals surface area contributed by atoms with Gasteiger partial charge in [-0.05, 0) is 48.8 Å². The number of aromatic nitrogens is 4. The van der Waals surface area contributed by atoms with Gasteiger partial charge in [-0.15, -0.1) is 10.2 Å². The van der Waals surface area contributed by atoms with Crippen LogP contribution in [0, 0.1) is 6.92 Å². The Labute approximate surface area is 135 Å². The first kappa shape index (κ1) is 15.1. The molecule has 0 spiro atoms. The summed E-state index contributed by atoms with van der Waals surface area (Å²) in [7, 11) is 0. The summed E-state index contributed by atoms with van der Waals surface area (Å²) in [4.78, 5) is 9.39. The molecule has 0 bridgehead atoms. The van der Waals surface area contributed by atoms with Gasteiger partial charge in [0.25, 0.3) is 0 Å². The average molecular weight is 330 g/mol. The fourth-order valence-electron chi connectivity index (χ4n) is 1.91. The van der Waals surface area contributed by atoms with E-state index in [1.807, 2.05) is 32.0 Å². The summed E-state index contributed by atoms with van der Waals surface area (Å²) in [6.45, 7) is 3.87. The Morgan fingerprint density at radius 2 is 1.95 bits per heavy atom. The Kier molecular flexibility index (Phi) is 4.47. The molecule has 0 aliphatic heterocycles. The summed E-state index contributed by atoms with van der Waals surface area (Å²) in [5.74, 6) is 0.546. The molecule has 112 valence electrons. The first-order valence-corrected chi connectivity index (χ1v) is 8.93. The third kappa shape index (κ3) is 3.01. The highest BCUT2D eigenvalue weighted by atomic mass is 32.2. The standard InChI is InChI=1S/C15H14N4OS2/c1-3-22(20)12-5-4-8-16-13(12)15-19-18-14(21-15)11-7-6-10(2)9-17-11/h4-9H,3H2,1-2H3. The lowest BCUT2D eigenvalue weighted by molar-refractivity contribution is 0.596. The third-order valence-corrected chi connectivity index (χ3v) is 5.33. The van der Waals surface area contributed by atoms with E-state index in [4.69, 9.17) is 0 Å². The van der Waals surface area contributed by atoms with E-state index in [1.165, 1.54) is 11.3 Å². The lowest BCUT2D eigenvalue weighted by Crippen LogP contribution is -2.06. The molecule has 1 atom stereocenters. The van der Waals surface area contributed by atoms with Crippen LogP contribution in [-0.4, -0.2) is 30.5 Å². The number of hydrogen-bond donors (Lipinski definition) is 0. The van der Waals surface area contributed by atoms with E-state index in [0.29, 0.717) is 21.3 Å². The molecule has 0 fully saturated rings. The summed E-state index contributed by atoms with van der Waals surface area (Å²) in [5, 5.41) is 9.77. The van der Waals surface area contributed by atoms with Crippen molar-refractivity contribution in [3.8, 4) is 21.4 Å². The predicted octanol–water partition coefficient (Wildman–Crippen LogP) is 3.10. The van der Waals surface area contributed by atoms with Gasteiger partial charge in [0.2, 0.25) is 0 Å². The Morgan fingerprint density at radius 1 is 1.14 bits per heavy atom. The van der Waals surface area contributed by atoms with Crippen LogP contribution < -0.4 is 0 Å².